The molecule has 1 atom stereocenters. The van der Waals surface area contributed by atoms with Crippen LogP contribution in [0.5, 0.6) is 0 Å². The minimum absolute atomic E-state index is 0.202. The summed E-state index contributed by atoms with van der Waals surface area (Å²) in [5.41, 5.74) is 8.95. The van der Waals surface area contributed by atoms with Crippen LogP contribution >= 0.6 is 15.9 Å². The molecule has 17 heavy (non-hydrogen) atoms. The van der Waals surface area contributed by atoms with Gasteiger partial charge in [0.05, 0.1) is 0 Å². The smallest absolute Gasteiger partial charge is 0.0492 e. The van der Waals surface area contributed by atoms with Gasteiger partial charge in [0.1, 0.15) is 0 Å². The molecule has 2 nitrogen and oxygen atoms in total. The number of aryl methyl sites for hydroxylation is 1. The third-order valence-corrected chi connectivity index (χ3v) is 4.49. The van der Waals surface area contributed by atoms with Gasteiger partial charge in [0.2, 0.25) is 0 Å². The van der Waals surface area contributed by atoms with Gasteiger partial charge in [-0.1, -0.05) is 28.4 Å². The summed E-state index contributed by atoms with van der Waals surface area (Å²) in [4.78, 5) is 0. The van der Waals surface area contributed by atoms with Crippen LogP contribution in [0.4, 0.5) is 0 Å². The number of hydrogen-bond acceptors (Lipinski definition) is 1. The third-order valence-electron chi connectivity index (χ3n) is 4.00. The van der Waals surface area contributed by atoms with Gasteiger partial charge in [0.25, 0.3) is 0 Å². The molecule has 1 unspecified atom stereocenters. The first kappa shape index (κ1) is 11.3. The largest absolute Gasteiger partial charge is 0.350 e. The van der Waals surface area contributed by atoms with Gasteiger partial charge < -0.3 is 10.3 Å². The van der Waals surface area contributed by atoms with E-state index >= 15 is 0 Å². The van der Waals surface area contributed by atoms with Crippen molar-refractivity contribution in [1.82, 2.24) is 4.57 Å². The first-order valence-corrected chi connectivity index (χ1v) is 6.96. The maximum Gasteiger partial charge on any atom is 0.0492 e. The molecule has 1 saturated carbocycles. The van der Waals surface area contributed by atoms with Gasteiger partial charge in [-0.25, -0.2) is 0 Å². The molecule has 3 heteroatoms. The topological polar surface area (TPSA) is 30.9 Å². The second-order valence-electron chi connectivity index (χ2n) is 5.07. The van der Waals surface area contributed by atoms with Gasteiger partial charge in [0, 0.05) is 34.7 Å². The molecule has 0 amide bonds. The van der Waals surface area contributed by atoms with Gasteiger partial charge >= 0.3 is 0 Å². The summed E-state index contributed by atoms with van der Waals surface area (Å²) in [5.74, 6) is 0.684. The molecule has 1 aliphatic carbocycles. The van der Waals surface area contributed by atoms with Crippen LogP contribution in [0.2, 0.25) is 0 Å². The molecular formula is C14H17BrN2. The van der Waals surface area contributed by atoms with E-state index in [9.17, 15) is 0 Å². The van der Waals surface area contributed by atoms with Gasteiger partial charge in [-0.3, -0.25) is 0 Å². The lowest BCUT2D eigenvalue weighted by molar-refractivity contribution is 0.265. The Hall–Kier alpha value is -0.800. The van der Waals surface area contributed by atoms with Crippen LogP contribution in [0.3, 0.4) is 0 Å². The SMILES string of the molecule is Cn1cc(C(N)C2CCC2)c2ccc(Br)cc21. The van der Waals surface area contributed by atoms with Crippen molar-refractivity contribution in [2.75, 3.05) is 0 Å². The minimum atomic E-state index is 0.202. The predicted octanol–water partition coefficient (Wildman–Crippen LogP) is 3.74. The highest BCUT2D eigenvalue weighted by atomic mass is 79.9. The fourth-order valence-electron chi connectivity index (χ4n) is 2.71. The van der Waals surface area contributed by atoms with E-state index in [2.05, 4.69) is 51.9 Å². The van der Waals surface area contributed by atoms with Gasteiger partial charge in [-0.2, -0.15) is 0 Å². The molecule has 1 aliphatic rings. The van der Waals surface area contributed by atoms with E-state index in [4.69, 9.17) is 5.73 Å². The van der Waals surface area contributed by atoms with Crippen molar-refractivity contribution in [2.24, 2.45) is 18.7 Å². The zero-order valence-corrected chi connectivity index (χ0v) is 11.6. The average molecular weight is 293 g/mol. The fourth-order valence-corrected chi connectivity index (χ4v) is 3.06. The maximum atomic E-state index is 6.39. The summed E-state index contributed by atoms with van der Waals surface area (Å²) in [6, 6.07) is 6.63. The predicted molar refractivity (Wildman–Crippen MR) is 74.9 cm³/mol. The van der Waals surface area contributed by atoms with E-state index in [1.807, 2.05) is 0 Å². The van der Waals surface area contributed by atoms with Gasteiger partial charge in [-0.05, 0) is 36.5 Å². The second-order valence-corrected chi connectivity index (χ2v) is 5.99. The summed E-state index contributed by atoms with van der Waals surface area (Å²) in [6.45, 7) is 0. The van der Waals surface area contributed by atoms with Crippen molar-refractivity contribution in [3.05, 3.63) is 34.4 Å². The molecule has 90 valence electrons. The van der Waals surface area contributed by atoms with Crippen LogP contribution in [0.25, 0.3) is 10.9 Å². The molecule has 0 aliphatic heterocycles. The van der Waals surface area contributed by atoms with E-state index in [-0.39, 0.29) is 6.04 Å². The highest BCUT2D eigenvalue weighted by Crippen LogP contribution is 2.39. The summed E-state index contributed by atoms with van der Waals surface area (Å²) in [7, 11) is 2.09. The summed E-state index contributed by atoms with van der Waals surface area (Å²) < 4.78 is 3.29. The average Bonchev–Trinajstić information content (AvgIpc) is 2.53. The Bertz CT molecular complexity index is 555. The number of nitrogens with two attached hydrogens (primary N) is 1. The number of benzene rings is 1. The summed E-state index contributed by atoms with van der Waals surface area (Å²) in [5, 5.41) is 1.30. The van der Waals surface area contributed by atoms with Crippen LogP contribution < -0.4 is 5.73 Å². The lowest BCUT2D eigenvalue weighted by atomic mass is 9.77. The quantitative estimate of drug-likeness (QED) is 0.898. The highest BCUT2D eigenvalue weighted by molar-refractivity contribution is 9.10. The molecule has 0 bridgehead atoms. The van der Waals surface area contributed by atoms with E-state index < -0.39 is 0 Å². The molecule has 0 radical (unpaired) electrons. The molecule has 1 fully saturated rings. The van der Waals surface area contributed by atoms with Crippen molar-refractivity contribution >= 4 is 26.8 Å². The summed E-state index contributed by atoms with van der Waals surface area (Å²) >= 11 is 3.52. The number of aromatic nitrogens is 1. The molecule has 1 heterocycles. The highest BCUT2D eigenvalue weighted by Gasteiger charge is 2.27. The molecule has 2 aromatic rings. The van der Waals surface area contributed by atoms with Crippen LogP contribution in [-0.2, 0) is 7.05 Å². The van der Waals surface area contributed by atoms with Crippen LogP contribution in [0, 0.1) is 5.92 Å². The number of halogens is 1. The number of rotatable bonds is 2. The Morgan fingerprint density at radius 1 is 1.41 bits per heavy atom. The van der Waals surface area contributed by atoms with Crippen LogP contribution in [0.15, 0.2) is 28.9 Å². The Balaban J connectivity index is 2.10. The zero-order valence-electron chi connectivity index (χ0n) is 9.99. The van der Waals surface area contributed by atoms with Crippen LogP contribution in [0.1, 0.15) is 30.9 Å². The Morgan fingerprint density at radius 2 is 2.18 bits per heavy atom. The Kier molecular flexibility index (Phi) is 2.75. The van der Waals surface area contributed by atoms with Gasteiger partial charge in [-0.15, -0.1) is 0 Å². The number of hydrogen-bond donors (Lipinski definition) is 1. The monoisotopic (exact) mass is 292 g/mol. The standard InChI is InChI=1S/C14H17BrN2/c1-17-8-12(14(16)9-3-2-4-9)11-6-5-10(15)7-13(11)17/h5-9,14H,2-4,16H2,1H3. The maximum absolute atomic E-state index is 6.39. The Labute approximate surface area is 110 Å². The van der Waals surface area contributed by atoms with Crippen molar-refractivity contribution in [3.8, 4) is 0 Å². The van der Waals surface area contributed by atoms with E-state index in [1.165, 1.54) is 35.7 Å². The molecule has 3 rings (SSSR count). The molecule has 0 spiro atoms. The molecule has 1 aromatic heterocycles. The number of fused-ring (bicyclic) bond motifs is 1. The van der Waals surface area contributed by atoms with Crippen molar-refractivity contribution in [3.63, 3.8) is 0 Å². The van der Waals surface area contributed by atoms with E-state index in [0.717, 1.165) is 4.47 Å². The van der Waals surface area contributed by atoms with Gasteiger partial charge in [0.15, 0.2) is 0 Å². The minimum Gasteiger partial charge on any atom is -0.350 e. The lowest BCUT2D eigenvalue weighted by Gasteiger charge is -2.31. The van der Waals surface area contributed by atoms with E-state index in [0.29, 0.717) is 5.92 Å². The van der Waals surface area contributed by atoms with Crippen LogP contribution in [-0.4, -0.2) is 4.57 Å². The number of nitrogens with zero attached hydrogens (tertiary/aromatic N) is 1. The van der Waals surface area contributed by atoms with Crippen molar-refractivity contribution in [1.29, 1.82) is 0 Å². The molecule has 1 aromatic carbocycles. The third kappa shape index (κ3) is 1.81. The van der Waals surface area contributed by atoms with Crippen molar-refractivity contribution in [2.45, 2.75) is 25.3 Å². The molecule has 0 saturated heterocycles. The first-order chi connectivity index (χ1) is 8.16. The van der Waals surface area contributed by atoms with Crippen molar-refractivity contribution < 1.29 is 0 Å². The Morgan fingerprint density at radius 3 is 2.82 bits per heavy atom. The zero-order chi connectivity index (χ0) is 12.0. The second kappa shape index (κ2) is 4.14. The normalized spacial score (nSPS) is 18.3. The lowest BCUT2D eigenvalue weighted by Crippen LogP contribution is -2.26. The molecular weight excluding hydrogens is 276 g/mol. The molecule has 2 N–H and O–H groups in total. The first-order valence-electron chi connectivity index (χ1n) is 6.17. The fraction of sp³-hybridized carbons (Fsp3) is 0.429. The summed E-state index contributed by atoms with van der Waals surface area (Å²) in [6.07, 6.45) is 6.11. The van der Waals surface area contributed by atoms with E-state index in [1.54, 1.807) is 0 Å².